The van der Waals surface area contributed by atoms with Gasteiger partial charge in [-0.1, -0.05) is 30.3 Å². The molecule has 1 aliphatic heterocycles. The van der Waals surface area contributed by atoms with Gasteiger partial charge in [0, 0.05) is 19.0 Å². The molecule has 1 fully saturated rings. The molecule has 0 saturated carbocycles. The van der Waals surface area contributed by atoms with Gasteiger partial charge in [0.1, 0.15) is 0 Å². The first-order valence-corrected chi connectivity index (χ1v) is 6.24. The van der Waals surface area contributed by atoms with Crippen LogP contribution in [0.15, 0.2) is 30.3 Å². The molecule has 1 aliphatic rings. The highest BCUT2D eigenvalue weighted by atomic mass is 35.5. The van der Waals surface area contributed by atoms with Crippen molar-refractivity contribution in [2.45, 2.75) is 19.4 Å². The van der Waals surface area contributed by atoms with Gasteiger partial charge in [-0.3, -0.25) is 4.90 Å². The molecule has 82 valence electrons. The van der Waals surface area contributed by atoms with Crippen LogP contribution in [-0.2, 0) is 6.54 Å². The Bertz CT molecular complexity index is 286. The highest BCUT2D eigenvalue weighted by molar-refractivity contribution is 6.18. The third kappa shape index (κ3) is 3.22. The fourth-order valence-electron chi connectivity index (χ4n) is 2.26. The molecule has 0 radical (unpaired) electrons. The van der Waals surface area contributed by atoms with E-state index in [4.69, 9.17) is 11.6 Å². The summed E-state index contributed by atoms with van der Waals surface area (Å²) in [6.07, 6.45) is 2.60. The topological polar surface area (TPSA) is 3.24 Å². The number of nitrogens with zero attached hydrogens (tertiary/aromatic N) is 1. The van der Waals surface area contributed by atoms with Crippen molar-refractivity contribution < 1.29 is 0 Å². The Labute approximate surface area is 97.0 Å². The molecule has 0 amide bonds. The quantitative estimate of drug-likeness (QED) is 0.712. The van der Waals surface area contributed by atoms with Crippen LogP contribution in [0.3, 0.4) is 0 Å². The fourth-order valence-corrected chi connectivity index (χ4v) is 2.51. The van der Waals surface area contributed by atoms with E-state index < -0.39 is 0 Å². The number of rotatable bonds is 3. The van der Waals surface area contributed by atoms with Gasteiger partial charge in [0.2, 0.25) is 0 Å². The Balaban J connectivity index is 1.89. The maximum atomic E-state index is 5.92. The molecule has 1 aromatic carbocycles. The SMILES string of the molecule is ClC[C@@H]1CCCN(Cc2ccccc2)C1. The fraction of sp³-hybridized carbons (Fsp3) is 0.538. The second kappa shape index (κ2) is 5.53. The molecule has 2 heteroatoms. The summed E-state index contributed by atoms with van der Waals surface area (Å²) in [4.78, 5) is 2.52. The molecule has 1 saturated heterocycles. The highest BCUT2D eigenvalue weighted by Crippen LogP contribution is 2.19. The minimum atomic E-state index is 0.698. The van der Waals surface area contributed by atoms with E-state index in [-0.39, 0.29) is 0 Å². The zero-order valence-corrected chi connectivity index (χ0v) is 9.79. The third-order valence-electron chi connectivity index (χ3n) is 3.07. The van der Waals surface area contributed by atoms with Gasteiger partial charge < -0.3 is 0 Å². The van der Waals surface area contributed by atoms with Gasteiger partial charge in [0.15, 0.2) is 0 Å². The largest absolute Gasteiger partial charge is 0.299 e. The smallest absolute Gasteiger partial charge is 0.0263 e. The first kappa shape index (κ1) is 11.0. The molecule has 1 nitrogen and oxygen atoms in total. The van der Waals surface area contributed by atoms with Crippen LogP contribution in [0.25, 0.3) is 0 Å². The molecule has 0 unspecified atom stereocenters. The lowest BCUT2D eigenvalue weighted by atomic mass is 9.99. The van der Waals surface area contributed by atoms with Crippen molar-refractivity contribution in [1.82, 2.24) is 4.90 Å². The number of halogens is 1. The number of hydrogen-bond donors (Lipinski definition) is 0. The summed E-state index contributed by atoms with van der Waals surface area (Å²) in [5.74, 6) is 1.51. The zero-order valence-electron chi connectivity index (χ0n) is 9.03. The van der Waals surface area contributed by atoms with Gasteiger partial charge in [-0.15, -0.1) is 11.6 Å². The van der Waals surface area contributed by atoms with Crippen molar-refractivity contribution in [3.8, 4) is 0 Å². The van der Waals surface area contributed by atoms with Gasteiger partial charge in [0.25, 0.3) is 0 Å². The van der Waals surface area contributed by atoms with Gasteiger partial charge in [-0.25, -0.2) is 0 Å². The molecule has 2 rings (SSSR count). The van der Waals surface area contributed by atoms with E-state index in [1.165, 1.54) is 31.5 Å². The standard InChI is InChI=1S/C13H18ClN/c14-9-13-7-4-8-15(11-13)10-12-5-2-1-3-6-12/h1-3,5-6,13H,4,7-11H2/t13-/m0/s1. The molecule has 0 N–H and O–H groups in total. The summed E-state index contributed by atoms with van der Waals surface area (Å²) in [5.41, 5.74) is 1.41. The summed E-state index contributed by atoms with van der Waals surface area (Å²) < 4.78 is 0. The molecular weight excluding hydrogens is 206 g/mol. The average Bonchev–Trinajstić information content (AvgIpc) is 2.31. The molecule has 1 heterocycles. The van der Waals surface area contributed by atoms with Crippen LogP contribution in [0.1, 0.15) is 18.4 Å². The predicted molar refractivity (Wildman–Crippen MR) is 65.2 cm³/mol. The highest BCUT2D eigenvalue weighted by Gasteiger charge is 2.18. The van der Waals surface area contributed by atoms with E-state index >= 15 is 0 Å². The van der Waals surface area contributed by atoms with Crippen LogP contribution >= 0.6 is 11.6 Å². The van der Waals surface area contributed by atoms with Crippen molar-refractivity contribution in [3.05, 3.63) is 35.9 Å². The maximum Gasteiger partial charge on any atom is 0.0263 e. The van der Waals surface area contributed by atoms with Gasteiger partial charge in [-0.05, 0) is 30.9 Å². The number of piperidine rings is 1. The number of hydrogen-bond acceptors (Lipinski definition) is 1. The molecule has 0 aromatic heterocycles. The maximum absolute atomic E-state index is 5.92. The van der Waals surface area contributed by atoms with E-state index in [1.807, 2.05) is 0 Å². The van der Waals surface area contributed by atoms with E-state index in [1.54, 1.807) is 0 Å². The first-order valence-electron chi connectivity index (χ1n) is 5.70. The van der Waals surface area contributed by atoms with Crippen LogP contribution in [-0.4, -0.2) is 23.9 Å². The summed E-state index contributed by atoms with van der Waals surface area (Å²) >= 11 is 5.92. The van der Waals surface area contributed by atoms with Gasteiger partial charge in [0.05, 0.1) is 0 Å². The second-order valence-electron chi connectivity index (χ2n) is 4.38. The van der Waals surface area contributed by atoms with Crippen molar-refractivity contribution in [3.63, 3.8) is 0 Å². The van der Waals surface area contributed by atoms with Crippen LogP contribution in [0, 0.1) is 5.92 Å². The van der Waals surface area contributed by atoms with Gasteiger partial charge in [-0.2, -0.15) is 0 Å². The van der Waals surface area contributed by atoms with Crippen LogP contribution in [0.2, 0.25) is 0 Å². The summed E-state index contributed by atoms with van der Waals surface area (Å²) in [7, 11) is 0. The molecule has 0 aliphatic carbocycles. The Morgan fingerprint density at radius 2 is 2.07 bits per heavy atom. The van der Waals surface area contributed by atoms with Crippen molar-refractivity contribution in [2.75, 3.05) is 19.0 Å². The van der Waals surface area contributed by atoms with Crippen molar-refractivity contribution in [1.29, 1.82) is 0 Å². The number of benzene rings is 1. The third-order valence-corrected chi connectivity index (χ3v) is 3.51. The van der Waals surface area contributed by atoms with E-state index in [0.717, 1.165) is 12.4 Å². The molecule has 0 spiro atoms. The van der Waals surface area contributed by atoms with Crippen LogP contribution in [0.5, 0.6) is 0 Å². The predicted octanol–water partition coefficient (Wildman–Crippen LogP) is 3.14. The Morgan fingerprint density at radius 3 is 2.80 bits per heavy atom. The minimum Gasteiger partial charge on any atom is -0.299 e. The van der Waals surface area contributed by atoms with E-state index in [9.17, 15) is 0 Å². The molecule has 15 heavy (non-hydrogen) atoms. The zero-order chi connectivity index (χ0) is 10.5. The Hall–Kier alpha value is -0.530. The molecule has 1 atom stereocenters. The Morgan fingerprint density at radius 1 is 1.27 bits per heavy atom. The van der Waals surface area contributed by atoms with Crippen molar-refractivity contribution >= 4 is 11.6 Å². The lowest BCUT2D eigenvalue weighted by Gasteiger charge is -2.31. The second-order valence-corrected chi connectivity index (χ2v) is 4.69. The van der Waals surface area contributed by atoms with Crippen LogP contribution in [0.4, 0.5) is 0 Å². The van der Waals surface area contributed by atoms with Crippen LogP contribution < -0.4 is 0 Å². The minimum absolute atomic E-state index is 0.698. The summed E-state index contributed by atoms with van der Waals surface area (Å²) in [5, 5.41) is 0. The van der Waals surface area contributed by atoms with Gasteiger partial charge >= 0.3 is 0 Å². The Kier molecular flexibility index (Phi) is 4.04. The summed E-state index contributed by atoms with van der Waals surface area (Å²) in [6.45, 7) is 3.47. The van der Waals surface area contributed by atoms with E-state index in [2.05, 4.69) is 35.2 Å². The number of likely N-dealkylation sites (tertiary alicyclic amines) is 1. The van der Waals surface area contributed by atoms with Crippen molar-refractivity contribution in [2.24, 2.45) is 5.92 Å². The lowest BCUT2D eigenvalue weighted by molar-refractivity contribution is 0.178. The first-order chi connectivity index (χ1) is 7.38. The summed E-state index contributed by atoms with van der Waals surface area (Å²) in [6, 6.07) is 10.7. The van der Waals surface area contributed by atoms with E-state index in [0.29, 0.717) is 5.92 Å². The lowest BCUT2D eigenvalue weighted by Crippen LogP contribution is -2.35. The monoisotopic (exact) mass is 223 g/mol. The molecule has 0 bridgehead atoms. The molecular formula is C13H18ClN. The molecule has 1 aromatic rings. The normalized spacial score (nSPS) is 22.9. The number of alkyl halides is 1. The average molecular weight is 224 g/mol.